The Kier molecular flexibility index (Phi) is 5.51. The van der Waals surface area contributed by atoms with Crippen LogP contribution in [-0.4, -0.2) is 29.0 Å². The van der Waals surface area contributed by atoms with E-state index in [9.17, 15) is 9.59 Å². The molecule has 0 radical (unpaired) electrons. The van der Waals surface area contributed by atoms with Crippen molar-refractivity contribution in [2.75, 3.05) is 6.54 Å². The highest BCUT2D eigenvalue weighted by Crippen LogP contribution is 2.12. The lowest BCUT2D eigenvalue weighted by Gasteiger charge is -2.19. The van der Waals surface area contributed by atoms with Gasteiger partial charge in [-0.2, -0.15) is 0 Å². The second-order valence-corrected chi connectivity index (χ2v) is 5.79. The van der Waals surface area contributed by atoms with Crippen LogP contribution in [0.1, 0.15) is 43.7 Å². The number of carbonyl (C=O) groups excluding carboxylic acids is 2. The number of pyridine rings is 1. The van der Waals surface area contributed by atoms with Crippen LogP contribution in [0, 0.1) is 0 Å². The molecule has 1 rings (SSSR count). The van der Waals surface area contributed by atoms with Crippen molar-refractivity contribution in [2.45, 2.75) is 39.7 Å². The summed E-state index contributed by atoms with van der Waals surface area (Å²) in [6.45, 7) is 7.21. The van der Waals surface area contributed by atoms with Gasteiger partial charge in [-0.3, -0.25) is 4.79 Å². The van der Waals surface area contributed by atoms with Gasteiger partial charge in [0, 0.05) is 24.2 Å². The van der Waals surface area contributed by atoms with Crippen molar-refractivity contribution in [3.8, 4) is 0 Å². The Morgan fingerprint density at radius 2 is 2.00 bits per heavy atom. The molecular formula is C14H19ClN2O3. The number of amides is 1. The van der Waals surface area contributed by atoms with Crippen molar-refractivity contribution < 1.29 is 14.3 Å². The van der Waals surface area contributed by atoms with Gasteiger partial charge in [0.25, 0.3) is 0 Å². The number of hydrogen-bond donors (Lipinski definition) is 1. The molecule has 1 N–H and O–H groups in total. The average molecular weight is 299 g/mol. The maximum atomic E-state index is 11.5. The molecule has 0 unspecified atom stereocenters. The number of halogens is 1. The van der Waals surface area contributed by atoms with Crippen molar-refractivity contribution in [3.05, 3.63) is 28.5 Å². The first-order valence-electron chi connectivity index (χ1n) is 6.31. The first-order chi connectivity index (χ1) is 9.17. The van der Waals surface area contributed by atoms with E-state index in [-0.39, 0.29) is 10.9 Å². The van der Waals surface area contributed by atoms with Gasteiger partial charge in [0.2, 0.25) is 0 Å². The number of aromatic nitrogens is 1. The molecule has 5 nitrogen and oxygen atoms in total. The van der Waals surface area contributed by atoms with Crippen LogP contribution in [0.15, 0.2) is 12.1 Å². The Morgan fingerprint density at radius 1 is 1.35 bits per heavy atom. The van der Waals surface area contributed by atoms with Crippen molar-refractivity contribution in [2.24, 2.45) is 0 Å². The molecule has 0 saturated heterocycles. The van der Waals surface area contributed by atoms with Crippen LogP contribution < -0.4 is 5.32 Å². The summed E-state index contributed by atoms with van der Waals surface area (Å²) < 4.78 is 5.11. The molecule has 6 heteroatoms. The highest BCUT2D eigenvalue weighted by Gasteiger charge is 2.15. The van der Waals surface area contributed by atoms with Gasteiger partial charge in [0.1, 0.15) is 10.8 Å². The van der Waals surface area contributed by atoms with Gasteiger partial charge in [0.05, 0.1) is 0 Å². The van der Waals surface area contributed by atoms with Crippen molar-refractivity contribution in [1.29, 1.82) is 0 Å². The summed E-state index contributed by atoms with van der Waals surface area (Å²) in [6, 6.07) is 3.19. The lowest BCUT2D eigenvalue weighted by Crippen LogP contribution is -2.33. The number of hydrogen-bond acceptors (Lipinski definition) is 4. The summed E-state index contributed by atoms with van der Waals surface area (Å²) in [5.41, 5.74) is 0.635. The fourth-order valence-electron chi connectivity index (χ4n) is 1.49. The minimum atomic E-state index is -0.528. The molecule has 1 aromatic heterocycles. The predicted octanol–water partition coefficient (Wildman–Crippen LogP) is 3.00. The van der Waals surface area contributed by atoms with Gasteiger partial charge in [-0.1, -0.05) is 11.6 Å². The summed E-state index contributed by atoms with van der Waals surface area (Å²) in [4.78, 5) is 26.9. The van der Waals surface area contributed by atoms with E-state index in [0.717, 1.165) is 0 Å². The normalized spacial score (nSPS) is 11.1. The van der Waals surface area contributed by atoms with Gasteiger partial charge in [0.15, 0.2) is 5.78 Å². The van der Waals surface area contributed by atoms with Crippen LogP contribution in [0.3, 0.4) is 0 Å². The third-order valence-electron chi connectivity index (χ3n) is 2.30. The molecule has 1 aromatic rings. The molecule has 1 heterocycles. The third kappa shape index (κ3) is 6.02. The number of ether oxygens (including phenoxy) is 1. The van der Waals surface area contributed by atoms with E-state index in [1.807, 2.05) is 0 Å². The zero-order valence-corrected chi connectivity index (χ0v) is 12.9. The maximum Gasteiger partial charge on any atom is 0.407 e. The van der Waals surface area contributed by atoms with E-state index in [1.54, 1.807) is 26.8 Å². The van der Waals surface area contributed by atoms with Crippen LogP contribution in [0.4, 0.5) is 4.79 Å². The zero-order chi connectivity index (χ0) is 15.3. The number of nitrogens with one attached hydrogen (secondary N) is 1. The minimum absolute atomic E-state index is 0.0735. The van der Waals surface area contributed by atoms with E-state index >= 15 is 0 Å². The monoisotopic (exact) mass is 298 g/mol. The quantitative estimate of drug-likeness (QED) is 0.685. The topological polar surface area (TPSA) is 68.3 Å². The van der Waals surface area contributed by atoms with Crippen molar-refractivity contribution in [1.82, 2.24) is 10.3 Å². The molecule has 0 spiro atoms. The van der Waals surface area contributed by atoms with Crippen molar-refractivity contribution >= 4 is 23.5 Å². The average Bonchev–Trinajstić information content (AvgIpc) is 2.25. The van der Waals surface area contributed by atoms with Gasteiger partial charge < -0.3 is 10.1 Å². The fraction of sp³-hybridized carbons (Fsp3) is 0.500. The molecule has 0 bridgehead atoms. The Hall–Kier alpha value is -1.62. The lowest BCUT2D eigenvalue weighted by molar-refractivity contribution is 0.0528. The second kappa shape index (κ2) is 6.70. The summed E-state index contributed by atoms with van der Waals surface area (Å²) in [5, 5.41) is 2.90. The number of Topliss-reactive ketones (excluding diaryl/α,β-unsaturated/α-hetero) is 1. The van der Waals surface area contributed by atoms with Crippen LogP contribution in [-0.2, 0) is 11.2 Å². The molecule has 0 aliphatic carbocycles. The molecular weight excluding hydrogens is 280 g/mol. The Labute approximate surface area is 123 Å². The Balaban J connectivity index is 2.54. The standard InChI is InChI=1S/C14H19ClN2O3/c1-9(18)10-7-11(17-12(15)8-10)5-6-16-13(19)20-14(2,3)4/h7-8H,5-6H2,1-4H3,(H,16,19). The first kappa shape index (κ1) is 16.4. The number of rotatable bonds is 4. The van der Waals surface area contributed by atoms with Crippen LogP contribution in [0.25, 0.3) is 0 Å². The zero-order valence-electron chi connectivity index (χ0n) is 12.1. The van der Waals surface area contributed by atoms with Gasteiger partial charge in [-0.05, 0) is 39.8 Å². The number of alkyl carbamates (subject to hydrolysis) is 1. The van der Waals surface area contributed by atoms with Crippen LogP contribution >= 0.6 is 11.6 Å². The van der Waals surface area contributed by atoms with Gasteiger partial charge >= 0.3 is 6.09 Å². The predicted molar refractivity (Wildman–Crippen MR) is 77.2 cm³/mol. The lowest BCUT2D eigenvalue weighted by atomic mass is 10.1. The number of nitrogens with zero attached hydrogens (tertiary/aromatic N) is 1. The molecule has 0 atom stereocenters. The summed E-state index contributed by atoms with van der Waals surface area (Å²) in [6.07, 6.45) is -0.00796. The molecule has 0 saturated carbocycles. The summed E-state index contributed by atoms with van der Waals surface area (Å²) >= 11 is 5.85. The van der Waals surface area contributed by atoms with E-state index in [2.05, 4.69) is 10.3 Å². The van der Waals surface area contributed by atoms with E-state index in [0.29, 0.717) is 24.2 Å². The molecule has 0 aliphatic heterocycles. The largest absolute Gasteiger partial charge is 0.444 e. The minimum Gasteiger partial charge on any atom is -0.444 e. The van der Waals surface area contributed by atoms with E-state index < -0.39 is 11.7 Å². The molecule has 1 amide bonds. The number of carbonyl (C=O) groups is 2. The van der Waals surface area contributed by atoms with Crippen molar-refractivity contribution in [3.63, 3.8) is 0 Å². The number of ketones is 1. The molecule has 0 fully saturated rings. The Morgan fingerprint density at radius 3 is 2.55 bits per heavy atom. The maximum absolute atomic E-state index is 11.5. The van der Waals surface area contributed by atoms with E-state index in [4.69, 9.17) is 16.3 Å². The third-order valence-corrected chi connectivity index (χ3v) is 2.50. The summed E-state index contributed by atoms with van der Waals surface area (Å²) in [5.74, 6) is -0.0735. The highest BCUT2D eigenvalue weighted by molar-refractivity contribution is 6.29. The smallest absolute Gasteiger partial charge is 0.407 e. The molecule has 110 valence electrons. The first-order valence-corrected chi connectivity index (χ1v) is 6.69. The SMILES string of the molecule is CC(=O)c1cc(Cl)nc(CCNC(=O)OC(C)(C)C)c1. The molecule has 0 aromatic carbocycles. The Bertz CT molecular complexity index is 510. The van der Waals surface area contributed by atoms with Gasteiger partial charge in [-0.15, -0.1) is 0 Å². The van der Waals surface area contributed by atoms with Gasteiger partial charge in [-0.25, -0.2) is 9.78 Å². The van der Waals surface area contributed by atoms with Crippen LogP contribution in [0.5, 0.6) is 0 Å². The molecule has 20 heavy (non-hydrogen) atoms. The van der Waals surface area contributed by atoms with E-state index in [1.165, 1.54) is 13.0 Å². The summed E-state index contributed by atoms with van der Waals surface area (Å²) in [7, 11) is 0. The molecule has 0 aliphatic rings. The van der Waals surface area contributed by atoms with Crippen LogP contribution in [0.2, 0.25) is 5.15 Å². The fourth-order valence-corrected chi connectivity index (χ4v) is 1.72. The second-order valence-electron chi connectivity index (χ2n) is 5.40. The highest BCUT2D eigenvalue weighted by atomic mass is 35.5.